The minimum atomic E-state index is -0.196. The van der Waals surface area contributed by atoms with Crippen LogP contribution in [0.25, 0.3) is 10.3 Å². The summed E-state index contributed by atoms with van der Waals surface area (Å²) in [6, 6.07) is 3.82. The third-order valence-electron chi connectivity index (χ3n) is 5.70. The summed E-state index contributed by atoms with van der Waals surface area (Å²) in [5, 5.41) is 9.69. The molecule has 2 fully saturated rings. The van der Waals surface area contributed by atoms with E-state index in [1.807, 2.05) is 12.1 Å². The molecule has 0 aromatic carbocycles. The molecule has 0 spiro atoms. The van der Waals surface area contributed by atoms with E-state index in [0.29, 0.717) is 17.7 Å². The predicted octanol–water partition coefficient (Wildman–Crippen LogP) is 3.72. The summed E-state index contributed by atoms with van der Waals surface area (Å²) in [4.78, 5) is 12.6. The van der Waals surface area contributed by atoms with Gasteiger partial charge >= 0.3 is 0 Å². The molecule has 3 aromatic heterocycles. The zero-order chi connectivity index (χ0) is 17.9. The molecule has 8 heteroatoms. The monoisotopic (exact) mass is 371 g/mol. The molecule has 5 rings (SSSR count). The molecule has 1 saturated heterocycles. The molecule has 2 atom stereocenters. The van der Waals surface area contributed by atoms with E-state index in [1.165, 1.54) is 6.42 Å². The van der Waals surface area contributed by atoms with Crippen LogP contribution >= 0.6 is 11.3 Å². The fraction of sp³-hybridized carbons (Fsp3) is 0.556. The zero-order valence-corrected chi connectivity index (χ0v) is 15.9. The first kappa shape index (κ1) is 16.0. The summed E-state index contributed by atoms with van der Waals surface area (Å²) in [6.07, 6.45) is 3.36. The van der Waals surface area contributed by atoms with E-state index in [0.717, 1.165) is 40.8 Å². The lowest BCUT2D eigenvalue weighted by atomic mass is 9.67. The second-order valence-corrected chi connectivity index (χ2v) is 8.33. The lowest BCUT2D eigenvalue weighted by Crippen LogP contribution is -2.52. The Morgan fingerprint density at radius 2 is 2.15 bits per heavy atom. The third-order valence-corrected chi connectivity index (χ3v) is 6.68. The van der Waals surface area contributed by atoms with Crippen LogP contribution in [0.4, 0.5) is 5.13 Å². The SMILES string of the molecule is COc1ccc2nc(N3CC[C@@H]4CC[C@@]43c3nnc(C(C)C)o3)sc2n1. The van der Waals surface area contributed by atoms with Crippen LogP contribution in [0.3, 0.4) is 0 Å². The van der Waals surface area contributed by atoms with Gasteiger partial charge in [0.2, 0.25) is 17.7 Å². The number of pyridine rings is 1. The average molecular weight is 371 g/mol. The Balaban J connectivity index is 1.57. The lowest BCUT2D eigenvalue weighted by molar-refractivity contribution is 0.121. The first-order valence-electron chi connectivity index (χ1n) is 9.05. The largest absolute Gasteiger partial charge is 0.481 e. The van der Waals surface area contributed by atoms with Crippen molar-refractivity contribution in [2.45, 2.75) is 44.6 Å². The second kappa shape index (κ2) is 5.64. The van der Waals surface area contributed by atoms with Gasteiger partial charge < -0.3 is 14.1 Å². The van der Waals surface area contributed by atoms with Crippen LogP contribution in [0.1, 0.15) is 50.8 Å². The molecule has 136 valence electrons. The normalized spacial score (nSPS) is 24.9. The van der Waals surface area contributed by atoms with Gasteiger partial charge in [-0.2, -0.15) is 0 Å². The smallest absolute Gasteiger partial charge is 0.242 e. The van der Waals surface area contributed by atoms with Gasteiger partial charge in [-0.25, -0.2) is 9.97 Å². The molecular weight excluding hydrogens is 350 g/mol. The van der Waals surface area contributed by atoms with Gasteiger partial charge in [0, 0.05) is 18.5 Å². The quantitative estimate of drug-likeness (QED) is 0.691. The van der Waals surface area contributed by atoms with E-state index in [-0.39, 0.29) is 11.5 Å². The van der Waals surface area contributed by atoms with Crippen molar-refractivity contribution in [3.05, 3.63) is 23.9 Å². The van der Waals surface area contributed by atoms with Crippen LogP contribution in [0.5, 0.6) is 5.88 Å². The van der Waals surface area contributed by atoms with Gasteiger partial charge in [-0.05, 0) is 31.2 Å². The van der Waals surface area contributed by atoms with Crippen molar-refractivity contribution in [1.29, 1.82) is 0 Å². The maximum absolute atomic E-state index is 6.09. The molecule has 2 aliphatic rings. The van der Waals surface area contributed by atoms with Crippen molar-refractivity contribution in [2.75, 3.05) is 18.6 Å². The van der Waals surface area contributed by atoms with Gasteiger partial charge in [0.1, 0.15) is 15.9 Å². The molecule has 0 N–H and O–H groups in total. The van der Waals surface area contributed by atoms with Crippen LogP contribution in [-0.2, 0) is 5.54 Å². The van der Waals surface area contributed by atoms with Crippen molar-refractivity contribution in [2.24, 2.45) is 5.92 Å². The summed E-state index contributed by atoms with van der Waals surface area (Å²) in [5.74, 6) is 2.86. The highest BCUT2D eigenvalue weighted by Crippen LogP contribution is 2.58. The van der Waals surface area contributed by atoms with Crippen LogP contribution in [0.15, 0.2) is 16.5 Å². The summed E-state index contributed by atoms with van der Waals surface area (Å²) < 4.78 is 11.3. The van der Waals surface area contributed by atoms with Gasteiger partial charge in [0.15, 0.2) is 5.13 Å². The molecule has 1 aliphatic heterocycles. The Morgan fingerprint density at radius 3 is 2.85 bits per heavy atom. The van der Waals surface area contributed by atoms with Gasteiger partial charge in [0.25, 0.3) is 0 Å². The van der Waals surface area contributed by atoms with Gasteiger partial charge in [-0.3, -0.25) is 0 Å². The highest BCUT2D eigenvalue weighted by Gasteiger charge is 2.60. The standard InChI is InChI=1S/C18H21N5O2S/c1-10(2)14-21-22-16(25-14)18-8-6-11(18)7-9-23(18)17-19-12-4-5-13(24-3)20-15(12)26-17/h4-5,10-11H,6-9H2,1-3H3/t11-,18-/m0/s1. The van der Waals surface area contributed by atoms with Crippen LogP contribution in [0, 0.1) is 5.92 Å². The van der Waals surface area contributed by atoms with Gasteiger partial charge in [-0.1, -0.05) is 25.2 Å². The summed E-state index contributed by atoms with van der Waals surface area (Å²) in [7, 11) is 1.63. The number of thiazole rings is 1. The summed E-state index contributed by atoms with van der Waals surface area (Å²) >= 11 is 1.60. The van der Waals surface area contributed by atoms with Crippen molar-refractivity contribution >= 4 is 26.8 Å². The molecule has 0 bridgehead atoms. The van der Waals surface area contributed by atoms with Crippen molar-refractivity contribution in [1.82, 2.24) is 20.2 Å². The highest BCUT2D eigenvalue weighted by molar-refractivity contribution is 7.21. The maximum Gasteiger partial charge on any atom is 0.242 e. The second-order valence-electron chi connectivity index (χ2n) is 7.37. The molecule has 1 aliphatic carbocycles. The molecule has 0 amide bonds. The Labute approximate surface area is 155 Å². The number of hydrogen-bond donors (Lipinski definition) is 0. The first-order chi connectivity index (χ1) is 12.6. The molecule has 0 unspecified atom stereocenters. The molecule has 7 nitrogen and oxygen atoms in total. The summed E-state index contributed by atoms with van der Waals surface area (Å²) in [5.41, 5.74) is 0.704. The fourth-order valence-corrected chi connectivity index (χ4v) is 5.20. The van der Waals surface area contributed by atoms with E-state index < -0.39 is 0 Å². The molecule has 0 radical (unpaired) electrons. The van der Waals surface area contributed by atoms with Crippen LogP contribution < -0.4 is 9.64 Å². The van der Waals surface area contributed by atoms with E-state index >= 15 is 0 Å². The van der Waals surface area contributed by atoms with Crippen molar-refractivity contribution < 1.29 is 9.15 Å². The van der Waals surface area contributed by atoms with Gasteiger partial charge in [-0.15, -0.1) is 10.2 Å². The fourth-order valence-electron chi connectivity index (χ4n) is 4.17. The Kier molecular flexibility index (Phi) is 3.47. The van der Waals surface area contributed by atoms with Crippen LogP contribution in [0.2, 0.25) is 0 Å². The first-order valence-corrected chi connectivity index (χ1v) is 9.86. The summed E-state index contributed by atoms with van der Waals surface area (Å²) in [6.45, 7) is 5.11. The van der Waals surface area contributed by atoms with Crippen molar-refractivity contribution in [3.63, 3.8) is 0 Å². The number of aromatic nitrogens is 4. The maximum atomic E-state index is 6.09. The zero-order valence-electron chi connectivity index (χ0n) is 15.1. The number of anilines is 1. The molecular formula is C18H21N5O2S. The number of rotatable bonds is 4. The molecule has 26 heavy (non-hydrogen) atoms. The number of nitrogens with zero attached hydrogens (tertiary/aromatic N) is 5. The Hall–Kier alpha value is -2.22. The minimum Gasteiger partial charge on any atom is -0.481 e. The topological polar surface area (TPSA) is 77.2 Å². The highest BCUT2D eigenvalue weighted by atomic mass is 32.1. The Morgan fingerprint density at radius 1 is 1.27 bits per heavy atom. The molecule has 4 heterocycles. The predicted molar refractivity (Wildman–Crippen MR) is 98.7 cm³/mol. The number of methoxy groups -OCH3 is 1. The third kappa shape index (κ3) is 2.11. The van der Waals surface area contributed by atoms with Crippen LogP contribution in [-0.4, -0.2) is 33.8 Å². The minimum absolute atomic E-state index is 0.196. The van der Waals surface area contributed by atoms with E-state index in [4.69, 9.17) is 14.1 Å². The number of ether oxygens (including phenoxy) is 1. The average Bonchev–Trinajstić information content (AvgIpc) is 3.30. The van der Waals surface area contributed by atoms with E-state index in [9.17, 15) is 0 Å². The number of hydrogen-bond acceptors (Lipinski definition) is 8. The van der Waals surface area contributed by atoms with E-state index in [2.05, 4.69) is 33.9 Å². The molecule has 1 saturated carbocycles. The Bertz CT molecular complexity index is 968. The number of fused-ring (bicyclic) bond motifs is 2. The van der Waals surface area contributed by atoms with Gasteiger partial charge in [0.05, 0.1) is 7.11 Å². The van der Waals surface area contributed by atoms with Crippen molar-refractivity contribution in [3.8, 4) is 5.88 Å². The lowest BCUT2D eigenvalue weighted by Gasteiger charge is -2.47. The van der Waals surface area contributed by atoms with E-state index in [1.54, 1.807) is 18.4 Å². The molecule has 3 aromatic rings.